The molecule has 2 heterocycles. The SMILES string of the molecule is CC(=O)c1c(C)[nH]c(C(=O)COC(=O)c2nc(-c3ccccc3)oc2C)c1C. The van der Waals surface area contributed by atoms with Gasteiger partial charge in [0, 0.05) is 16.8 Å². The Morgan fingerprint density at radius 3 is 2.39 bits per heavy atom. The number of Topliss-reactive ketones (excluding diaryl/α,β-unsaturated/α-hetero) is 2. The molecular formula is C21H20N2O5. The van der Waals surface area contributed by atoms with Crippen molar-refractivity contribution in [2.75, 3.05) is 6.61 Å². The Hall–Kier alpha value is -3.48. The van der Waals surface area contributed by atoms with Crippen LogP contribution in [-0.2, 0) is 4.74 Å². The average molecular weight is 380 g/mol. The lowest BCUT2D eigenvalue weighted by Gasteiger charge is -2.03. The Morgan fingerprint density at radius 1 is 1.11 bits per heavy atom. The smallest absolute Gasteiger partial charge is 0.361 e. The van der Waals surface area contributed by atoms with Crippen molar-refractivity contribution in [3.05, 3.63) is 64.3 Å². The number of nitrogens with one attached hydrogen (secondary N) is 1. The van der Waals surface area contributed by atoms with Crippen LogP contribution < -0.4 is 0 Å². The highest BCUT2D eigenvalue weighted by molar-refractivity contribution is 6.04. The van der Waals surface area contributed by atoms with Crippen LogP contribution in [0.1, 0.15) is 55.3 Å². The van der Waals surface area contributed by atoms with E-state index in [2.05, 4.69) is 9.97 Å². The number of aromatic amines is 1. The fourth-order valence-corrected chi connectivity index (χ4v) is 3.12. The monoisotopic (exact) mass is 380 g/mol. The van der Waals surface area contributed by atoms with Crippen LogP contribution in [0.3, 0.4) is 0 Å². The van der Waals surface area contributed by atoms with Crippen LogP contribution in [0.2, 0.25) is 0 Å². The predicted octanol–water partition coefficient (Wildman–Crippen LogP) is 3.84. The maximum atomic E-state index is 12.4. The van der Waals surface area contributed by atoms with E-state index in [-0.39, 0.29) is 17.2 Å². The molecule has 0 unspecified atom stereocenters. The highest BCUT2D eigenvalue weighted by Crippen LogP contribution is 2.22. The first kappa shape index (κ1) is 19.3. The van der Waals surface area contributed by atoms with Crippen LogP contribution in [0.25, 0.3) is 11.5 Å². The van der Waals surface area contributed by atoms with Crippen molar-refractivity contribution in [1.82, 2.24) is 9.97 Å². The molecule has 28 heavy (non-hydrogen) atoms. The van der Waals surface area contributed by atoms with Crippen molar-refractivity contribution < 1.29 is 23.5 Å². The van der Waals surface area contributed by atoms with Crippen LogP contribution in [-0.4, -0.2) is 34.1 Å². The maximum Gasteiger partial charge on any atom is 0.361 e. The molecule has 7 heteroatoms. The molecule has 3 rings (SSSR count). The number of oxazole rings is 1. The minimum Gasteiger partial charge on any atom is -0.452 e. The lowest BCUT2D eigenvalue weighted by atomic mass is 10.1. The fourth-order valence-electron chi connectivity index (χ4n) is 3.12. The number of aromatic nitrogens is 2. The van der Waals surface area contributed by atoms with Crippen LogP contribution in [0, 0.1) is 20.8 Å². The van der Waals surface area contributed by atoms with Gasteiger partial charge in [-0.2, -0.15) is 0 Å². The summed E-state index contributed by atoms with van der Waals surface area (Å²) in [5, 5.41) is 0. The van der Waals surface area contributed by atoms with Gasteiger partial charge in [-0.3, -0.25) is 9.59 Å². The van der Waals surface area contributed by atoms with Crippen molar-refractivity contribution >= 4 is 17.5 Å². The van der Waals surface area contributed by atoms with Gasteiger partial charge in [0.1, 0.15) is 5.76 Å². The van der Waals surface area contributed by atoms with E-state index < -0.39 is 18.4 Å². The Balaban J connectivity index is 1.73. The summed E-state index contributed by atoms with van der Waals surface area (Å²) in [6.45, 7) is 5.98. The number of hydrogen-bond donors (Lipinski definition) is 1. The summed E-state index contributed by atoms with van der Waals surface area (Å²) >= 11 is 0. The minimum atomic E-state index is -0.746. The second kappa shape index (κ2) is 7.64. The molecule has 0 aliphatic rings. The molecule has 3 aromatic rings. The van der Waals surface area contributed by atoms with Gasteiger partial charge in [0.05, 0.1) is 5.69 Å². The van der Waals surface area contributed by atoms with Crippen molar-refractivity contribution in [2.24, 2.45) is 0 Å². The van der Waals surface area contributed by atoms with E-state index >= 15 is 0 Å². The first-order valence-electron chi connectivity index (χ1n) is 8.72. The van der Waals surface area contributed by atoms with Gasteiger partial charge < -0.3 is 14.1 Å². The van der Waals surface area contributed by atoms with Gasteiger partial charge >= 0.3 is 5.97 Å². The second-order valence-electron chi connectivity index (χ2n) is 6.47. The van der Waals surface area contributed by atoms with E-state index in [0.29, 0.717) is 28.5 Å². The summed E-state index contributed by atoms with van der Waals surface area (Å²) in [7, 11) is 0. The summed E-state index contributed by atoms with van der Waals surface area (Å²) in [5.74, 6) is -0.690. The zero-order chi connectivity index (χ0) is 20.4. The molecule has 0 atom stereocenters. The van der Waals surface area contributed by atoms with Crippen molar-refractivity contribution in [2.45, 2.75) is 27.7 Å². The van der Waals surface area contributed by atoms with Gasteiger partial charge in [-0.15, -0.1) is 0 Å². The Labute approximate surface area is 161 Å². The third kappa shape index (κ3) is 3.64. The van der Waals surface area contributed by atoms with Crippen LogP contribution in [0.15, 0.2) is 34.7 Å². The number of rotatable bonds is 6. The molecule has 0 fully saturated rings. The first-order chi connectivity index (χ1) is 13.3. The van der Waals surface area contributed by atoms with Gasteiger partial charge in [-0.05, 0) is 45.4 Å². The molecule has 7 nitrogen and oxygen atoms in total. The Bertz CT molecular complexity index is 1060. The molecular weight excluding hydrogens is 360 g/mol. The van der Waals surface area contributed by atoms with Crippen LogP contribution in [0.5, 0.6) is 0 Å². The molecule has 0 aliphatic carbocycles. The molecule has 0 spiro atoms. The van der Waals surface area contributed by atoms with E-state index in [1.807, 2.05) is 30.3 Å². The molecule has 2 aromatic heterocycles. The number of hydrogen-bond acceptors (Lipinski definition) is 6. The number of nitrogens with zero attached hydrogens (tertiary/aromatic N) is 1. The molecule has 0 saturated heterocycles. The number of carbonyl (C=O) groups excluding carboxylic acids is 3. The lowest BCUT2D eigenvalue weighted by molar-refractivity contribution is 0.0466. The van der Waals surface area contributed by atoms with Crippen molar-refractivity contribution in [3.63, 3.8) is 0 Å². The zero-order valence-corrected chi connectivity index (χ0v) is 16.1. The molecule has 0 radical (unpaired) electrons. The highest BCUT2D eigenvalue weighted by atomic mass is 16.5. The third-order valence-corrected chi connectivity index (χ3v) is 4.41. The summed E-state index contributed by atoms with van der Waals surface area (Å²) in [5.41, 5.74) is 2.66. The number of esters is 1. The number of benzene rings is 1. The molecule has 1 aromatic carbocycles. The Kier molecular flexibility index (Phi) is 5.26. The summed E-state index contributed by atoms with van der Waals surface area (Å²) < 4.78 is 10.7. The average Bonchev–Trinajstić information content (AvgIpc) is 3.19. The van der Waals surface area contributed by atoms with E-state index in [4.69, 9.17) is 9.15 Å². The van der Waals surface area contributed by atoms with E-state index in [1.54, 1.807) is 20.8 Å². The summed E-state index contributed by atoms with van der Waals surface area (Å²) in [6, 6.07) is 9.16. The fraction of sp³-hybridized carbons (Fsp3) is 0.238. The van der Waals surface area contributed by atoms with E-state index in [1.165, 1.54) is 6.92 Å². The van der Waals surface area contributed by atoms with Gasteiger partial charge in [0.15, 0.2) is 18.1 Å². The standard InChI is InChI=1S/C21H20N2O5/c1-11-17(13(3)24)12(2)22-18(11)16(25)10-27-21(26)19-14(4)28-20(23-19)15-8-6-5-7-9-15/h5-9,22H,10H2,1-4H3. The van der Waals surface area contributed by atoms with Crippen molar-refractivity contribution in [1.29, 1.82) is 0 Å². The molecule has 0 bridgehead atoms. The van der Waals surface area contributed by atoms with Gasteiger partial charge in [-0.25, -0.2) is 9.78 Å². The first-order valence-corrected chi connectivity index (χ1v) is 8.72. The molecule has 0 amide bonds. The highest BCUT2D eigenvalue weighted by Gasteiger charge is 2.23. The minimum absolute atomic E-state index is 0.0236. The van der Waals surface area contributed by atoms with Gasteiger partial charge in [-0.1, -0.05) is 18.2 Å². The van der Waals surface area contributed by atoms with E-state index in [0.717, 1.165) is 5.56 Å². The topological polar surface area (TPSA) is 102 Å². The lowest BCUT2D eigenvalue weighted by Crippen LogP contribution is -2.16. The normalized spacial score (nSPS) is 10.7. The summed E-state index contributed by atoms with van der Waals surface area (Å²) in [6.07, 6.45) is 0. The second-order valence-corrected chi connectivity index (χ2v) is 6.47. The number of ketones is 2. The number of H-pyrrole nitrogens is 1. The van der Waals surface area contributed by atoms with E-state index in [9.17, 15) is 14.4 Å². The number of carbonyl (C=O) groups is 3. The molecule has 0 aliphatic heterocycles. The summed E-state index contributed by atoms with van der Waals surface area (Å²) in [4.78, 5) is 43.6. The van der Waals surface area contributed by atoms with Crippen LogP contribution >= 0.6 is 0 Å². The largest absolute Gasteiger partial charge is 0.452 e. The van der Waals surface area contributed by atoms with Gasteiger partial charge in [0.25, 0.3) is 0 Å². The van der Waals surface area contributed by atoms with Gasteiger partial charge in [0.2, 0.25) is 11.7 Å². The predicted molar refractivity (Wildman–Crippen MR) is 102 cm³/mol. The zero-order valence-electron chi connectivity index (χ0n) is 16.1. The third-order valence-electron chi connectivity index (χ3n) is 4.41. The molecule has 0 saturated carbocycles. The van der Waals surface area contributed by atoms with Crippen molar-refractivity contribution in [3.8, 4) is 11.5 Å². The number of aryl methyl sites for hydroxylation is 2. The molecule has 144 valence electrons. The Morgan fingerprint density at radius 2 is 1.79 bits per heavy atom. The quantitative estimate of drug-likeness (QED) is 0.515. The van der Waals surface area contributed by atoms with Crippen LogP contribution in [0.4, 0.5) is 0 Å². The maximum absolute atomic E-state index is 12.4. The number of ether oxygens (including phenoxy) is 1. The molecule has 1 N–H and O–H groups in total.